The van der Waals surface area contributed by atoms with E-state index in [0.717, 1.165) is 22.4 Å². The molecular weight excluding hydrogens is 513 g/mol. The summed E-state index contributed by atoms with van der Waals surface area (Å²) in [4.78, 5) is 11.8. The van der Waals surface area contributed by atoms with Crippen LogP contribution in [-0.2, 0) is 16.0 Å². The number of rotatable bonds is 9. The molecule has 1 heterocycles. The Labute approximate surface area is 226 Å². The fraction of sp³-hybridized carbons (Fsp3) is 0.345. The molecule has 3 aromatic rings. The second-order valence-electron chi connectivity index (χ2n) is 9.11. The van der Waals surface area contributed by atoms with Crippen LogP contribution in [0.4, 0.5) is 10.1 Å². The smallest absolute Gasteiger partial charge is 0.221 e. The number of hydrogen-bond donors (Lipinski definition) is 2. The van der Waals surface area contributed by atoms with E-state index >= 15 is 0 Å². The third-order valence-electron chi connectivity index (χ3n) is 6.12. The number of aliphatic hydroxyl groups excluding tert-OH is 1. The standard InChI is InChI=1S/C29H31ClFNO4S/c1-3-35-24-8-4-19(5-9-24)12-21-13-20(6-10-26(21)30)28-16-23(34)15-25(36-28)17-37-29-14-22(32-18(2)33)7-11-27(29)31/h4-11,13-14,23,25,28,34H,3,12,15-17H2,1-2H3,(H,32,33). The summed E-state index contributed by atoms with van der Waals surface area (Å²) in [5.74, 6) is 0.736. The average Bonchev–Trinajstić information content (AvgIpc) is 2.86. The quantitative estimate of drug-likeness (QED) is 0.290. The number of ether oxygens (including phenoxy) is 2. The second-order valence-corrected chi connectivity index (χ2v) is 10.6. The fourth-order valence-electron chi connectivity index (χ4n) is 4.41. The van der Waals surface area contributed by atoms with Crippen molar-refractivity contribution in [2.24, 2.45) is 0 Å². The van der Waals surface area contributed by atoms with Crippen molar-refractivity contribution in [3.05, 3.63) is 88.2 Å². The number of amides is 1. The van der Waals surface area contributed by atoms with E-state index in [-0.39, 0.29) is 23.9 Å². The predicted molar refractivity (Wildman–Crippen MR) is 146 cm³/mol. The lowest BCUT2D eigenvalue weighted by Crippen LogP contribution is -2.32. The van der Waals surface area contributed by atoms with Crippen molar-refractivity contribution in [1.29, 1.82) is 0 Å². The first kappa shape index (κ1) is 27.5. The molecule has 8 heteroatoms. The zero-order valence-electron chi connectivity index (χ0n) is 20.9. The molecule has 5 nitrogen and oxygen atoms in total. The molecule has 0 radical (unpaired) electrons. The number of benzene rings is 3. The molecule has 37 heavy (non-hydrogen) atoms. The Morgan fingerprint density at radius 3 is 2.68 bits per heavy atom. The zero-order chi connectivity index (χ0) is 26.4. The van der Waals surface area contributed by atoms with E-state index in [1.807, 2.05) is 49.4 Å². The van der Waals surface area contributed by atoms with E-state index < -0.39 is 6.10 Å². The molecule has 1 saturated heterocycles. The van der Waals surface area contributed by atoms with Crippen molar-refractivity contribution in [1.82, 2.24) is 0 Å². The van der Waals surface area contributed by atoms with Crippen LogP contribution in [0.25, 0.3) is 0 Å². The molecule has 0 aromatic heterocycles. The van der Waals surface area contributed by atoms with E-state index in [1.54, 1.807) is 6.07 Å². The topological polar surface area (TPSA) is 67.8 Å². The molecule has 0 aliphatic carbocycles. The van der Waals surface area contributed by atoms with Gasteiger partial charge in [0.15, 0.2) is 0 Å². The lowest BCUT2D eigenvalue weighted by Gasteiger charge is -2.33. The Hall–Kier alpha value is -2.58. The summed E-state index contributed by atoms with van der Waals surface area (Å²) in [7, 11) is 0. The lowest BCUT2D eigenvalue weighted by molar-refractivity contribution is -0.114. The summed E-state index contributed by atoms with van der Waals surface area (Å²) in [6.45, 7) is 3.99. The number of nitrogens with one attached hydrogen (secondary N) is 1. The summed E-state index contributed by atoms with van der Waals surface area (Å²) < 4.78 is 26.2. The third-order valence-corrected chi connectivity index (χ3v) is 7.66. The van der Waals surface area contributed by atoms with Crippen LogP contribution in [0.2, 0.25) is 5.02 Å². The Balaban J connectivity index is 1.43. The molecule has 1 aliphatic heterocycles. The molecule has 3 unspecified atom stereocenters. The maximum atomic E-state index is 14.4. The first-order valence-electron chi connectivity index (χ1n) is 12.3. The molecule has 0 bridgehead atoms. The Morgan fingerprint density at radius 1 is 1.16 bits per heavy atom. The highest BCUT2D eigenvalue weighted by molar-refractivity contribution is 7.99. The number of carbonyl (C=O) groups is 1. The van der Waals surface area contributed by atoms with E-state index in [1.165, 1.54) is 30.8 Å². The number of thioether (sulfide) groups is 1. The molecule has 0 saturated carbocycles. The minimum atomic E-state index is -0.523. The maximum absolute atomic E-state index is 14.4. The van der Waals surface area contributed by atoms with Crippen molar-refractivity contribution in [2.75, 3.05) is 17.7 Å². The van der Waals surface area contributed by atoms with Crippen LogP contribution >= 0.6 is 23.4 Å². The summed E-state index contributed by atoms with van der Waals surface area (Å²) in [6.07, 6.45) is 0.553. The molecular formula is C29H31ClFNO4S. The number of aliphatic hydroxyl groups is 1. The van der Waals surface area contributed by atoms with Gasteiger partial charge in [-0.2, -0.15) is 0 Å². The molecule has 4 rings (SSSR count). The van der Waals surface area contributed by atoms with E-state index in [2.05, 4.69) is 5.32 Å². The van der Waals surface area contributed by atoms with Crippen LogP contribution in [0.15, 0.2) is 65.6 Å². The van der Waals surface area contributed by atoms with Crippen LogP contribution in [0.3, 0.4) is 0 Å². The summed E-state index contributed by atoms with van der Waals surface area (Å²) in [5, 5.41) is 13.9. The minimum Gasteiger partial charge on any atom is -0.494 e. The van der Waals surface area contributed by atoms with Crippen LogP contribution in [0.1, 0.15) is 49.5 Å². The number of anilines is 1. The summed E-state index contributed by atoms with van der Waals surface area (Å²) >= 11 is 7.83. The highest BCUT2D eigenvalue weighted by Crippen LogP contribution is 2.36. The van der Waals surface area contributed by atoms with Gasteiger partial charge in [0, 0.05) is 41.1 Å². The molecule has 3 aromatic carbocycles. The number of carbonyl (C=O) groups excluding carboxylic acids is 1. The van der Waals surface area contributed by atoms with Gasteiger partial charge in [-0.1, -0.05) is 35.9 Å². The third kappa shape index (κ3) is 7.71. The van der Waals surface area contributed by atoms with E-state index in [0.29, 0.717) is 47.2 Å². The first-order chi connectivity index (χ1) is 17.8. The lowest BCUT2D eigenvalue weighted by atomic mass is 9.94. The van der Waals surface area contributed by atoms with Crippen molar-refractivity contribution >= 4 is 35.0 Å². The second kappa shape index (κ2) is 12.8. The van der Waals surface area contributed by atoms with Gasteiger partial charge in [-0.05, 0) is 66.4 Å². The van der Waals surface area contributed by atoms with Gasteiger partial charge in [0.05, 0.1) is 24.9 Å². The van der Waals surface area contributed by atoms with Crippen molar-refractivity contribution in [2.45, 2.75) is 56.3 Å². The molecule has 1 amide bonds. The first-order valence-corrected chi connectivity index (χ1v) is 13.7. The van der Waals surface area contributed by atoms with Gasteiger partial charge in [0.2, 0.25) is 5.91 Å². The molecule has 2 N–H and O–H groups in total. The van der Waals surface area contributed by atoms with Gasteiger partial charge in [0.1, 0.15) is 11.6 Å². The van der Waals surface area contributed by atoms with Crippen LogP contribution in [0.5, 0.6) is 5.75 Å². The van der Waals surface area contributed by atoms with Gasteiger partial charge < -0.3 is 19.9 Å². The molecule has 3 atom stereocenters. The highest BCUT2D eigenvalue weighted by Gasteiger charge is 2.30. The van der Waals surface area contributed by atoms with Crippen LogP contribution < -0.4 is 10.1 Å². The van der Waals surface area contributed by atoms with Gasteiger partial charge in [0.25, 0.3) is 0 Å². The van der Waals surface area contributed by atoms with Gasteiger partial charge in [-0.15, -0.1) is 11.8 Å². The average molecular weight is 544 g/mol. The molecule has 1 fully saturated rings. The minimum absolute atomic E-state index is 0.214. The van der Waals surface area contributed by atoms with Gasteiger partial charge in [-0.3, -0.25) is 4.79 Å². The van der Waals surface area contributed by atoms with Gasteiger partial charge in [-0.25, -0.2) is 4.39 Å². The van der Waals surface area contributed by atoms with E-state index in [4.69, 9.17) is 21.1 Å². The normalized spacial score (nSPS) is 19.4. The fourth-order valence-corrected chi connectivity index (χ4v) is 5.59. The Bertz CT molecular complexity index is 1220. The number of halogens is 2. The van der Waals surface area contributed by atoms with Crippen LogP contribution in [-0.4, -0.2) is 35.6 Å². The Kier molecular flexibility index (Phi) is 9.49. The number of hydrogen-bond acceptors (Lipinski definition) is 5. The largest absolute Gasteiger partial charge is 0.494 e. The maximum Gasteiger partial charge on any atom is 0.221 e. The summed E-state index contributed by atoms with van der Waals surface area (Å²) in [6, 6.07) is 18.3. The molecule has 0 spiro atoms. The molecule has 1 aliphatic rings. The monoisotopic (exact) mass is 543 g/mol. The van der Waals surface area contributed by atoms with Crippen molar-refractivity contribution in [3.8, 4) is 5.75 Å². The Morgan fingerprint density at radius 2 is 1.95 bits per heavy atom. The van der Waals surface area contributed by atoms with Crippen molar-refractivity contribution in [3.63, 3.8) is 0 Å². The SMILES string of the molecule is CCOc1ccc(Cc2cc(C3CC(O)CC(CSc4cc(NC(C)=O)ccc4F)O3)ccc2Cl)cc1. The van der Waals surface area contributed by atoms with Gasteiger partial charge >= 0.3 is 0 Å². The highest BCUT2D eigenvalue weighted by atomic mass is 35.5. The summed E-state index contributed by atoms with van der Waals surface area (Å²) in [5.41, 5.74) is 3.60. The predicted octanol–water partition coefficient (Wildman–Crippen LogP) is 6.80. The van der Waals surface area contributed by atoms with Crippen LogP contribution in [0, 0.1) is 5.82 Å². The molecule has 196 valence electrons. The van der Waals surface area contributed by atoms with E-state index in [9.17, 15) is 14.3 Å². The zero-order valence-corrected chi connectivity index (χ0v) is 22.4. The van der Waals surface area contributed by atoms with Crippen molar-refractivity contribution < 1.29 is 23.8 Å².